The van der Waals surface area contributed by atoms with Crippen LogP contribution in [-0.4, -0.2) is 30.9 Å². The molecule has 0 bridgehead atoms. The Morgan fingerprint density at radius 1 is 1.62 bits per heavy atom. The van der Waals surface area contributed by atoms with Gasteiger partial charge in [0.25, 0.3) is 0 Å². The van der Waals surface area contributed by atoms with Crippen LogP contribution in [0.3, 0.4) is 0 Å². The van der Waals surface area contributed by atoms with E-state index in [1.807, 2.05) is 6.08 Å². The van der Waals surface area contributed by atoms with Gasteiger partial charge in [0.05, 0.1) is 19.7 Å². The molecular formula is C11H11N3O2. The van der Waals surface area contributed by atoms with Crippen molar-refractivity contribution in [1.29, 1.82) is 0 Å². The van der Waals surface area contributed by atoms with Crippen molar-refractivity contribution >= 4 is 17.7 Å². The molecule has 0 spiro atoms. The van der Waals surface area contributed by atoms with Gasteiger partial charge in [0, 0.05) is 18.5 Å². The van der Waals surface area contributed by atoms with Gasteiger partial charge in [0.2, 0.25) is 5.43 Å². The van der Waals surface area contributed by atoms with Gasteiger partial charge >= 0.3 is 0 Å². The summed E-state index contributed by atoms with van der Waals surface area (Å²) in [5, 5.41) is 0. The van der Waals surface area contributed by atoms with Crippen molar-refractivity contribution in [2.75, 3.05) is 18.6 Å². The van der Waals surface area contributed by atoms with E-state index in [0.29, 0.717) is 12.2 Å². The zero-order chi connectivity index (χ0) is 11.1. The second-order valence-electron chi connectivity index (χ2n) is 3.77. The van der Waals surface area contributed by atoms with Gasteiger partial charge in [-0.25, -0.2) is 0 Å². The second kappa shape index (κ2) is 3.23. The summed E-state index contributed by atoms with van der Waals surface area (Å²) in [5.74, 6) is 1.66. The molecule has 1 aromatic rings. The van der Waals surface area contributed by atoms with Crippen LogP contribution >= 0.6 is 0 Å². The highest BCUT2D eigenvalue weighted by molar-refractivity contribution is 5.85. The summed E-state index contributed by atoms with van der Waals surface area (Å²) in [7, 11) is 1.65. The van der Waals surface area contributed by atoms with Gasteiger partial charge in [0.15, 0.2) is 5.69 Å². The Balaban J connectivity index is 2.09. The fourth-order valence-electron chi connectivity index (χ4n) is 2.05. The lowest BCUT2D eigenvalue weighted by molar-refractivity contribution is 0.290. The number of aromatic amines is 1. The Hall–Kier alpha value is -2.04. The van der Waals surface area contributed by atoms with Crippen LogP contribution in [-0.2, 0) is 4.74 Å². The summed E-state index contributed by atoms with van der Waals surface area (Å²) in [5.41, 5.74) is 0.416. The number of hydrogen-bond donors (Lipinski definition) is 1. The van der Waals surface area contributed by atoms with E-state index < -0.39 is 0 Å². The molecule has 2 aliphatic heterocycles. The Labute approximate surface area is 92.1 Å². The largest absolute Gasteiger partial charge is 0.499 e. The highest BCUT2D eigenvalue weighted by Gasteiger charge is 2.30. The predicted molar refractivity (Wildman–Crippen MR) is 61.4 cm³/mol. The van der Waals surface area contributed by atoms with Crippen molar-refractivity contribution < 1.29 is 4.74 Å². The molecule has 1 unspecified atom stereocenters. The number of methoxy groups -OCH3 is 1. The van der Waals surface area contributed by atoms with Crippen LogP contribution in [0.25, 0.3) is 0 Å². The van der Waals surface area contributed by atoms with E-state index in [-0.39, 0.29) is 11.5 Å². The predicted octanol–water partition coefficient (Wildman–Crippen LogP) is 0.810. The van der Waals surface area contributed by atoms with Crippen molar-refractivity contribution in [2.45, 2.75) is 6.04 Å². The van der Waals surface area contributed by atoms with E-state index in [2.05, 4.69) is 14.9 Å². The number of nitrogens with zero attached hydrogens (tertiary/aromatic N) is 2. The van der Waals surface area contributed by atoms with Gasteiger partial charge in [-0.05, 0) is 6.08 Å². The molecule has 5 nitrogen and oxygen atoms in total. The topological polar surface area (TPSA) is 57.7 Å². The lowest BCUT2D eigenvalue weighted by atomic mass is 10.2. The fourth-order valence-corrected chi connectivity index (χ4v) is 2.05. The first kappa shape index (κ1) is 9.21. The van der Waals surface area contributed by atoms with Crippen molar-refractivity contribution in [3.63, 3.8) is 0 Å². The maximum absolute atomic E-state index is 11.6. The molecule has 0 amide bonds. The molecule has 2 aliphatic rings. The maximum Gasteiger partial charge on any atom is 0.209 e. The number of pyridine rings is 1. The molecule has 0 saturated carbocycles. The molecule has 1 atom stereocenters. The van der Waals surface area contributed by atoms with Crippen molar-refractivity contribution in [3.8, 4) is 0 Å². The molecule has 3 rings (SSSR count). The van der Waals surface area contributed by atoms with Crippen LogP contribution in [0.5, 0.6) is 0 Å². The Kier molecular flexibility index (Phi) is 1.86. The summed E-state index contributed by atoms with van der Waals surface area (Å²) in [6.07, 6.45) is 5.41. The molecule has 5 heteroatoms. The number of anilines is 1. The van der Waals surface area contributed by atoms with Crippen molar-refractivity contribution in [1.82, 2.24) is 4.98 Å². The Morgan fingerprint density at radius 3 is 3.31 bits per heavy atom. The average molecular weight is 217 g/mol. The summed E-state index contributed by atoms with van der Waals surface area (Å²) in [6, 6.07) is 1.57. The third kappa shape index (κ3) is 1.18. The first-order valence-electron chi connectivity index (χ1n) is 5.07. The second-order valence-corrected chi connectivity index (χ2v) is 3.77. The van der Waals surface area contributed by atoms with Gasteiger partial charge in [0.1, 0.15) is 11.6 Å². The fraction of sp³-hybridized carbons (Fsp3) is 0.273. The highest BCUT2D eigenvalue weighted by atomic mass is 16.5. The Morgan fingerprint density at radius 2 is 2.50 bits per heavy atom. The zero-order valence-corrected chi connectivity index (χ0v) is 8.80. The smallest absolute Gasteiger partial charge is 0.209 e. The minimum Gasteiger partial charge on any atom is -0.499 e. The van der Waals surface area contributed by atoms with Gasteiger partial charge in [-0.15, -0.1) is 0 Å². The minimum atomic E-state index is -0.0608. The van der Waals surface area contributed by atoms with Crippen molar-refractivity contribution in [2.24, 2.45) is 4.99 Å². The summed E-state index contributed by atoms with van der Waals surface area (Å²) >= 11 is 0. The van der Waals surface area contributed by atoms with E-state index in [1.165, 1.54) is 6.07 Å². The van der Waals surface area contributed by atoms with Crippen LogP contribution in [0.1, 0.15) is 0 Å². The molecule has 0 aliphatic carbocycles. The van der Waals surface area contributed by atoms with Crippen LogP contribution < -0.4 is 10.3 Å². The van der Waals surface area contributed by atoms with E-state index in [9.17, 15) is 4.79 Å². The molecule has 3 heterocycles. The molecule has 0 aromatic carbocycles. The number of fused-ring (bicyclic) bond motifs is 3. The van der Waals surface area contributed by atoms with Crippen LogP contribution in [0.2, 0.25) is 0 Å². The molecule has 0 saturated heterocycles. The van der Waals surface area contributed by atoms with E-state index >= 15 is 0 Å². The van der Waals surface area contributed by atoms with Crippen LogP contribution in [0.4, 0.5) is 11.5 Å². The molecule has 0 radical (unpaired) electrons. The lowest BCUT2D eigenvalue weighted by Crippen LogP contribution is -2.35. The van der Waals surface area contributed by atoms with E-state index in [1.54, 1.807) is 19.5 Å². The van der Waals surface area contributed by atoms with Crippen LogP contribution in [0.15, 0.2) is 33.9 Å². The summed E-state index contributed by atoms with van der Waals surface area (Å²) < 4.78 is 5.21. The number of aromatic nitrogens is 1. The number of hydrogen-bond acceptors (Lipinski definition) is 4. The maximum atomic E-state index is 11.6. The summed E-state index contributed by atoms with van der Waals surface area (Å²) in [6.45, 7) is 0.667. The minimum absolute atomic E-state index is 0.0608. The number of nitrogens with one attached hydrogen (secondary N) is 1. The van der Waals surface area contributed by atoms with Crippen LogP contribution in [0, 0.1) is 0 Å². The third-order valence-corrected chi connectivity index (χ3v) is 2.86. The van der Waals surface area contributed by atoms with Crippen molar-refractivity contribution in [3.05, 3.63) is 34.3 Å². The standard InChI is InChI=1S/C11H11N3O2/c1-16-8-4-7-5-13-10-9(15)2-3-12-11(10)14(7)6-8/h2-5,7H,6H2,1H3,(H,12,15). The molecule has 1 N–H and O–H groups in total. The van der Waals surface area contributed by atoms with E-state index in [0.717, 1.165) is 11.6 Å². The molecule has 82 valence electrons. The summed E-state index contributed by atoms with van der Waals surface area (Å²) in [4.78, 5) is 20.9. The lowest BCUT2D eigenvalue weighted by Gasteiger charge is -2.27. The average Bonchev–Trinajstić information content (AvgIpc) is 2.72. The van der Waals surface area contributed by atoms with Gasteiger partial charge in [-0.1, -0.05) is 0 Å². The first-order chi connectivity index (χ1) is 7.79. The zero-order valence-electron chi connectivity index (χ0n) is 8.80. The first-order valence-corrected chi connectivity index (χ1v) is 5.07. The van der Waals surface area contributed by atoms with Gasteiger partial charge < -0.3 is 14.6 Å². The van der Waals surface area contributed by atoms with Gasteiger partial charge in [-0.2, -0.15) is 0 Å². The quantitative estimate of drug-likeness (QED) is 0.757. The Bertz CT molecular complexity index is 544. The van der Waals surface area contributed by atoms with E-state index in [4.69, 9.17) is 4.74 Å². The highest BCUT2D eigenvalue weighted by Crippen LogP contribution is 2.31. The number of ether oxygens (including phenoxy) is 1. The number of rotatable bonds is 1. The normalized spacial score (nSPS) is 21.4. The molecule has 1 aromatic heterocycles. The SMILES string of the molecule is COC1=CC2C=Nc3c([nH]ccc3=O)N2C1. The third-order valence-electron chi connectivity index (χ3n) is 2.86. The number of H-pyrrole nitrogens is 1. The van der Waals surface area contributed by atoms with Gasteiger partial charge in [-0.3, -0.25) is 9.79 Å². The molecule has 0 fully saturated rings. The monoisotopic (exact) mass is 217 g/mol. The number of aliphatic imine (C=N–C) groups is 1. The molecular weight excluding hydrogens is 206 g/mol. The molecule has 16 heavy (non-hydrogen) atoms.